The van der Waals surface area contributed by atoms with Gasteiger partial charge in [-0.15, -0.1) is 11.3 Å². The van der Waals surface area contributed by atoms with Gasteiger partial charge in [-0.05, 0) is 46.6 Å². The lowest BCUT2D eigenvalue weighted by molar-refractivity contribution is 0.469. The third-order valence-corrected chi connectivity index (χ3v) is 6.61. The quantitative estimate of drug-likeness (QED) is 0.853. The maximum absolute atomic E-state index is 12.5. The van der Waals surface area contributed by atoms with Gasteiger partial charge in [-0.2, -0.15) is 4.31 Å². The molecule has 114 valence electrons. The molecule has 0 saturated heterocycles. The first-order valence-corrected chi connectivity index (χ1v) is 9.47. The molecule has 1 atom stereocenters. The second kappa shape index (κ2) is 6.58. The summed E-state index contributed by atoms with van der Waals surface area (Å²) in [7, 11) is -1.90. The zero-order valence-electron chi connectivity index (χ0n) is 11.8. The molecule has 0 spiro atoms. The molecule has 0 aliphatic carbocycles. The van der Waals surface area contributed by atoms with Crippen molar-refractivity contribution in [1.82, 2.24) is 4.31 Å². The zero-order valence-corrected chi connectivity index (χ0v) is 15.0. The smallest absolute Gasteiger partial charge is 0.243 e. The van der Waals surface area contributed by atoms with Gasteiger partial charge in [0.15, 0.2) is 0 Å². The molecule has 1 aromatic heterocycles. The highest BCUT2D eigenvalue weighted by Crippen LogP contribution is 2.24. The summed E-state index contributed by atoms with van der Waals surface area (Å²) in [5.74, 6) is 0. The molecule has 0 amide bonds. The summed E-state index contributed by atoms with van der Waals surface area (Å²) in [6.45, 7) is 2.22. The van der Waals surface area contributed by atoms with Gasteiger partial charge in [0, 0.05) is 34.4 Å². The second-order valence-electron chi connectivity index (χ2n) is 4.85. The van der Waals surface area contributed by atoms with Gasteiger partial charge in [0.2, 0.25) is 10.0 Å². The molecule has 0 radical (unpaired) electrons. The van der Waals surface area contributed by atoms with E-state index in [1.807, 2.05) is 18.4 Å². The summed E-state index contributed by atoms with van der Waals surface area (Å²) in [6.07, 6.45) is 0. The molecule has 0 saturated carbocycles. The molecule has 1 unspecified atom stereocenters. The van der Waals surface area contributed by atoms with Gasteiger partial charge in [0.1, 0.15) is 0 Å². The van der Waals surface area contributed by atoms with E-state index in [0.29, 0.717) is 6.54 Å². The van der Waals surface area contributed by atoms with E-state index in [9.17, 15) is 8.42 Å². The standard InChI is InChI=1S/C14H17BrN2O2S2/c1-10(16)11-3-5-14(6-4-11)21(18,19)17(2)8-13-7-12(15)9-20-13/h3-7,9-10H,8,16H2,1-2H3. The monoisotopic (exact) mass is 388 g/mol. The summed E-state index contributed by atoms with van der Waals surface area (Å²) < 4.78 is 27.3. The van der Waals surface area contributed by atoms with E-state index in [0.717, 1.165) is 14.9 Å². The highest BCUT2D eigenvalue weighted by atomic mass is 79.9. The fraction of sp³-hybridized carbons (Fsp3) is 0.286. The minimum absolute atomic E-state index is 0.108. The van der Waals surface area contributed by atoms with Crippen LogP contribution in [0.15, 0.2) is 45.1 Å². The number of hydrogen-bond donors (Lipinski definition) is 1. The number of nitrogens with two attached hydrogens (primary N) is 1. The first kappa shape index (κ1) is 16.6. The lowest BCUT2D eigenvalue weighted by Gasteiger charge is -2.17. The molecule has 4 nitrogen and oxygen atoms in total. The summed E-state index contributed by atoms with van der Waals surface area (Å²) in [4.78, 5) is 1.27. The van der Waals surface area contributed by atoms with Crippen LogP contribution in [-0.2, 0) is 16.6 Å². The number of thiophene rings is 1. The lowest BCUT2D eigenvalue weighted by Crippen LogP contribution is -2.26. The van der Waals surface area contributed by atoms with E-state index < -0.39 is 10.0 Å². The topological polar surface area (TPSA) is 63.4 Å². The molecule has 0 fully saturated rings. The average Bonchev–Trinajstić information content (AvgIpc) is 2.84. The fourth-order valence-corrected chi connectivity index (χ4v) is 4.60. The van der Waals surface area contributed by atoms with Crippen LogP contribution in [0, 0.1) is 0 Å². The van der Waals surface area contributed by atoms with Crippen molar-refractivity contribution in [2.45, 2.75) is 24.4 Å². The van der Waals surface area contributed by atoms with Crippen LogP contribution in [0.4, 0.5) is 0 Å². The minimum atomic E-state index is -3.49. The van der Waals surface area contributed by atoms with Crippen LogP contribution in [0.3, 0.4) is 0 Å². The number of rotatable bonds is 5. The van der Waals surface area contributed by atoms with Crippen molar-refractivity contribution in [3.63, 3.8) is 0 Å². The first-order valence-electron chi connectivity index (χ1n) is 6.35. The molecule has 0 aliphatic heterocycles. The number of benzene rings is 1. The normalized spacial score (nSPS) is 13.6. The van der Waals surface area contributed by atoms with Gasteiger partial charge in [-0.1, -0.05) is 12.1 Å². The molecular weight excluding hydrogens is 372 g/mol. The number of hydrogen-bond acceptors (Lipinski definition) is 4. The van der Waals surface area contributed by atoms with Crippen LogP contribution in [0.1, 0.15) is 23.4 Å². The van der Waals surface area contributed by atoms with E-state index in [-0.39, 0.29) is 10.9 Å². The maximum Gasteiger partial charge on any atom is 0.243 e. The predicted octanol–water partition coefficient (Wildman–Crippen LogP) is 3.35. The Kier molecular flexibility index (Phi) is 5.21. The third kappa shape index (κ3) is 3.92. The van der Waals surface area contributed by atoms with Crippen LogP contribution < -0.4 is 5.73 Å². The van der Waals surface area contributed by atoms with E-state index in [1.165, 1.54) is 15.6 Å². The lowest BCUT2D eigenvalue weighted by atomic mass is 10.1. The molecule has 2 rings (SSSR count). The Morgan fingerprint density at radius 3 is 2.43 bits per heavy atom. The largest absolute Gasteiger partial charge is 0.324 e. The van der Waals surface area contributed by atoms with Crippen molar-refractivity contribution in [1.29, 1.82) is 0 Å². The van der Waals surface area contributed by atoms with E-state index >= 15 is 0 Å². The van der Waals surface area contributed by atoms with Crippen molar-refractivity contribution in [3.8, 4) is 0 Å². The van der Waals surface area contributed by atoms with Crippen molar-refractivity contribution >= 4 is 37.3 Å². The molecule has 21 heavy (non-hydrogen) atoms. The second-order valence-corrected chi connectivity index (χ2v) is 8.81. The first-order chi connectivity index (χ1) is 9.80. The summed E-state index contributed by atoms with van der Waals surface area (Å²) in [5.41, 5.74) is 6.69. The molecular formula is C14H17BrN2O2S2. The molecule has 1 aromatic carbocycles. The molecule has 2 aromatic rings. The van der Waals surface area contributed by atoms with Crippen molar-refractivity contribution in [2.24, 2.45) is 5.73 Å². The summed E-state index contributed by atoms with van der Waals surface area (Å²) in [5, 5.41) is 1.94. The maximum atomic E-state index is 12.5. The molecule has 0 bridgehead atoms. The van der Waals surface area contributed by atoms with Crippen molar-refractivity contribution < 1.29 is 8.42 Å². The predicted molar refractivity (Wildman–Crippen MR) is 89.7 cm³/mol. The van der Waals surface area contributed by atoms with Gasteiger partial charge >= 0.3 is 0 Å². The Labute approximate surface area is 137 Å². The fourth-order valence-electron chi connectivity index (χ4n) is 1.86. The van der Waals surface area contributed by atoms with Crippen LogP contribution in [0.2, 0.25) is 0 Å². The number of sulfonamides is 1. The molecule has 0 aliphatic rings. The van der Waals surface area contributed by atoms with Gasteiger partial charge in [-0.25, -0.2) is 8.42 Å². The Morgan fingerprint density at radius 1 is 1.33 bits per heavy atom. The van der Waals surface area contributed by atoms with Crippen LogP contribution in [0.25, 0.3) is 0 Å². The Hall–Kier alpha value is -0.730. The van der Waals surface area contributed by atoms with E-state index in [4.69, 9.17) is 5.73 Å². The zero-order chi connectivity index (χ0) is 15.6. The molecule has 7 heteroatoms. The number of halogens is 1. The van der Waals surface area contributed by atoms with Gasteiger partial charge in [0.25, 0.3) is 0 Å². The van der Waals surface area contributed by atoms with Crippen LogP contribution in [0.5, 0.6) is 0 Å². The van der Waals surface area contributed by atoms with Gasteiger partial charge in [-0.3, -0.25) is 0 Å². The summed E-state index contributed by atoms with van der Waals surface area (Å²) in [6, 6.07) is 8.54. The minimum Gasteiger partial charge on any atom is -0.324 e. The Bertz CT molecular complexity index is 709. The van der Waals surface area contributed by atoms with E-state index in [1.54, 1.807) is 31.3 Å². The highest BCUT2D eigenvalue weighted by molar-refractivity contribution is 9.10. The van der Waals surface area contributed by atoms with Gasteiger partial charge in [0.05, 0.1) is 4.90 Å². The Morgan fingerprint density at radius 2 is 1.95 bits per heavy atom. The van der Waals surface area contributed by atoms with Crippen LogP contribution in [-0.4, -0.2) is 19.8 Å². The molecule has 1 heterocycles. The van der Waals surface area contributed by atoms with E-state index in [2.05, 4.69) is 15.9 Å². The average molecular weight is 389 g/mol. The van der Waals surface area contributed by atoms with Crippen molar-refractivity contribution in [3.05, 3.63) is 50.6 Å². The Balaban J connectivity index is 2.20. The van der Waals surface area contributed by atoms with Crippen molar-refractivity contribution in [2.75, 3.05) is 7.05 Å². The van der Waals surface area contributed by atoms with Crippen LogP contribution >= 0.6 is 27.3 Å². The highest BCUT2D eigenvalue weighted by Gasteiger charge is 2.21. The molecule has 2 N–H and O–H groups in total. The SMILES string of the molecule is CC(N)c1ccc(S(=O)(=O)N(C)Cc2cc(Br)cs2)cc1. The number of nitrogens with zero attached hydrogens (tertiary/aromatic N) is 1. The summed E-state index contributed by atoms with van der Waals surface area (Å²) >= 11 is 4.90. The van der Waals surface area contributed by atoms with Gasteiger partial charge < -0.3 is 5.73 Å². The third-order valence-electron chi connectivity index (χ3n) is 3.11.